The molecule has 0 saturated heterocycles. The summed E-state index contributed by atoms with van der Waals surface area (Å²) in [6, 6.07) is 2.86. The molecule has 8 nitrogen and oxygen atoms in total. The molecule has 19 heavy (non-hydrogen) atoms. The first-order chi connectivity index (χ1) is 8.93. The maximum atomic E-state index is 11.6. The molecular weight excluding hydrogens is 254 g/mol. The lowest BCUT2D eigenvalue weighted by atomic mass is 10.2. The molecule has 1 aromatic heterocycles. The number of hydrogen-bond acceptors (Lipinski definition) is 5. The quantitative estimate of drug-likeness (QED) is 0.656. The summed E-state index contributed by atoms with van der Waals surface area (Å²) >= 11 is 0. The molecule has 98 valence electrons. The SMILES string of the molecule is N#Cc1ccc(C(=O)N[C@H](CC(=O)O)C(=O)O)nc1. The Bertz CT molecular complexity index is 546. The van der Waals surface area contributed by atoms with Gasteiger partial charge in [-0.15, -0.1) is 0 Å². The van der Waals surface area contributed by atoms with Gasteiger partial charge < -0.3 is 15.5 Å². The molecule has 0 bridgehead atoms. The zero-order valence-corrected chi connectivity index (χ0v) is 9.53. The van der Waals surface area contributed by atoms with Crippen LogP contribution in [0.15, 0.2) is 18.3 Å². The van der Waals surface area contributed by atoms with Gasteiger partial charge in [-0.05, 0) is 12.1 Å². The third-order valence-corrected chi connectivity index (χ3v) is 2.11. The van der Waals surface area contributed by atoms with Crippen LogP contribution in [-0.4, -0.2) is 39.1 Å². The van der Waals surface area contributed by atoms with Crippen LogP contribution in [0.2, 0.25) is 0 Å². The molecule has 0 saturated carbocycles. The standard InChI is InChI=1S/C11H9N3O5/c12-4-6-1-2-7(13-5-6)10(17)14-8(11(18)19)3-9(15)16/h1-2,5,8H,3H2,(H,14,17)(H,15,16)(H,18,19)/t8-/m1/s1. The fourth-order valence-electron chi connectivity index (χ4n) is 1.20. The Hall–Kier alpha value is -2.95. The predicted molar refractivity (Wildman–Crippen MR) is 60.1 cm³/mol. The Labute approximate surface area is 107 Å². The van der Waals surface area contributed by atoms with Crippen molar-refractivity contribution >= 4 is 17.8 Å². The number of carbonyl (C=O) groups is 3. The van der Waals surface area contributed by atoms with Crippen LogP contribution >= 0.6 is 0 Å². The minimum Gasteiger partial charge on any atom is -0.481 e. The molecule has 0 aliphatic carbocycles. The van der Waals surface area contributed by atoms with Gasteiger partial charge >= 0.3 is 11.9 Å². The molecule has 0 aromatic carbocycles. The highest BCUT2D eigenvalue weighted by Crippen LogP contribution is 2.01. The summed E-state index contributed by atoms with van der Waals surface area (Å²) < 4.78 is 0. The highest BCUT2D eigenvalue weighted by atomic mass is 16.4. The van der Waals surface area contributed by atoms with E-state index in [-0.39, 0.29) is 11.3 Å². The van der Waals surface area contributed by atoms with Crippen LogP contribution in [0.3, 0.4) is 0 Å². The number of pyridine rings is 1. The van der Waals surface area contributed by atoms with Gasteiger partial charge in [0.25, 0.3) is 5.91 Å². The van der Waals surface area contributed by atoms with Crippen molar-refractivity contribution in [2.24, 2.45) is 0 Å². The first-order valence-electron chi connectivity index (χ1n) is 5.05. The van der Waals surface area contributed by atoms with E-state index in [0.717, 1.165) is 6.20 Å². The summed E-state index contributed by atoms with van der Waals surface area (Å²) in [6.45, 7) is 0. The number of carboxylic acid groups (broad SMARTS) is 2. The largest absolute Gasteiger partial charge is 0.481 e. The second-order valence-electron chi connectivity index (χ2n) is 3.51. The second kappa shape index (κ2) is 6.11. The van der Waals surface area contributed by atoms with Crippen LogP contribution in [-0.2, 0) is 9.59 Å². The lowest BCUT2D eigenvalue weighted by Gasteiger charge is -2.11. The van der Waals surface area contributed by atoms with Gasteiger partial charge in [-0.1, -0.05) is 0 Å². The van der Waals surface area contributed by atoms with Gasteiger partial charge in [0.2, 0.25) is 0 Å². The van der Waals surface area contributed by atoms with Crippen LogP contribution in [0.25, 0.3) is 0 Å². The van der Waals surface area contributed by atoms with Gasteiger partial charge in [-0.2, -0.15) is 5.26 Å². The third-order valence-electron chi connectivity index (χ3n) is 2.11. The van der Waals surface area contributed by atoms with E-state index in [9.17, 15) is 14.4 Å². The van der Waals surface area contributed by atoms with Crippen LogP contribution < -0.4 is 5.32 Å². The molecule has 1 rings (SSSR count). The van der Waals surface area contributed by atoms with Crippen molar-refractivity contribution in [3.05, 3.63) is 29.6 Å². The normalized spacial score (nSPS) is 11.1. The highest BCUT2D eigenvalue weighted by molar-refractivity contribution is 5.95. The maximum absolute atomic E-state index is 11.6. The molecule has 8 heteroatoms. The average Bonchev–Trinajstić information content (AvgIpc) is 2.37. The van der Waals surface area contributed by atoms with E-state index < -0.39 is 30.3 Å². The maximum Gasteiger partial charge on any atom is 0.326 e. The summed E-state index contributed by atoms with van der Waals surface area (Å²) in [6.07, 6.45) is 0.416. The van der Waals surface area contributed by atoms with Gasteiger partial charge in [0.05, 0.1) is 12.0 Å². The lowest BCUT2D eigenvalue weighted by molar-refractivity contribution is -0.145. The van der Waals surface area contributed by atoms with Crippen LogP contribution in [0.1, 0.15) is 22.5 Å². The van der Waals surface area contributed by atoms with Crippen LogP contribution in [0.4, 0.5) is 0 Å². The Morgan fingerprint density at radius 3 is 2.47 bits per heavy atom. The molecule has 1 atom stereocenters. The van der Waals surface area contributed by atoms with Gasteiger partial charge in [-0.25, -0.2) is 9.78 Å². The first kappa shape index (κ1) is 14.1. The molecule has 1 amide bonds. The molecule has 0 radical (unpaired) electrons. The van der Waals surface area contributed by atoms with E-state index in [2.05, 4.69) is 4.98 Å². The van der Waals surface area contributed by atoms with Gasteiger partial charge in [-0.3, -0.25) is 9.59 Å². The number of aliphatic carboxylic acids is 2. The molecule has 1 aromatic rings. The number of aromatic nitrogens is 1. The zero-order chi connectivity index (χ0) is 14.4. The number of nitrogens with zero attached hydrogens (tertiary/aromatic N) is 2. The number of amides is 1. The molecule has 0 aliphatic rings. The lowest BCUT2D eigenvalue weighted by Crippen LogP contribution is -2.42. The van der Waals surface area contributed by atoms with Crippen molar-refractivity contribution in [2.75, 3.05) is 0 Å². The summed E-state index contributed by atoms with van der Waals surface area (Å²) in [4.78, 5) is 36.5. The summed E-state index contributed by atoms with van der Waals surface area (Å²) in [5.41, 5.74) is 0.146. The third kappa shape index (κ3) is 4.08. The minimum absolute atomic E-state index is 0.101. The Morgan fingerprint density at radius 2 is 2.05 bits per heavy atom. The fraction of sp³-hybridized carbons (Fsp3) is 0.182. The second-order valence-corrected chi connectivity index (χ2v) is 3.51. The molecule has 0 aliphatic heterocycles. The van der Waals surface area contributed by atoms with E-state index in [4.69, 9.17) is 15.5 Å². The summed E-state index contributed by atoms with van der Waals surface area (Å²) in [5, 5.41) is 27.9. The number of rotatable bonds is 5. The molecule has 3 N–H and O–H groups in total. The summed E-state index contributed by atoms with van der Waals surface area (Å²) in [7, 11) is 0. The summed E-state index contributed by atoms with van der Waals surface area (Å²) in [5.74, 6) is -3.62. The topological polar surface area (TPSA) is 140 Å². The van der Waals surface area contributed by atoms with E-state index in [0.29, 0.717) is 0 Å². The number of nitriles is 1. The zero-order valence-electron chi connectivity index (χ0n) is 9.53. The number of nitrogens with one attached hydrogen (secondary N) is 1. The fourth-order valence-corrected chi connectivity index (χ4v) is 1.20. The van der Waals surface area contributed by atoms with Crippen molar-refractivity contribution in [1.29, 1.82) is 5.26 Å². The van der Waals surface area contributed by atoms with Crippen molar-refractivity contribution < 1.29 is 24.6 Å². The Morgan fingerprint density at radius 1 is 1.37 bits per heavy atom. The predicted octanol–water partition coefficient (Wildman–Crippen LogP) is -0.389. The van der Waals surface area contributed by atoms with Crippen LogP contribution in [0.5, 0.6) is 0 Å². The molecular formula is C11H9N3O5. The number of hydrogen-bond donors (Lipinski definition) is 3. The van der Waals surface area contributed by atoms with Crippen molar-refractivity contribution in [1.82, 2.24) is 10.3 Å². The van der Waals surface area contributed by atoms with Crippen LogP contribution in [0, 0.1) is 11.3 Å². The molecule has 0 unspecified atom stereocenters. The molecule has 1 heterocycles. The van der Waals surface area contributed by atoms with Crippen molar-refractivity contribution in [2.45, 2.75) is 12.5 Å². The van der Waals surface area contributed by atoms with E-state index in [1.54, 1.807) is 0 Å². The van der Waals surface area contributed by atoms with Gasteiger partial charge in [0, 0.05) is 6.20 Å². The van der Waals surface area contributed by atoms with Crippen molar-refractivity contribution in [3.8, 4) is 6.07 Å². The van der Waals surface area contributed by atoms with E-state index in [1.165, 1.54) is 12.1 Å². The Balaban J connectivity index is 2.78. The van der Waals surface area contributed by atoms with Gasteiger partial charge in [0.1, 0.15) is 17.8 Å². The first-order valence-corrected chi connectivity index (χ1v) is 5.05. The number of carbonyl (C=O) groups excluding carboxylic acids is 1. The molecule has 0 fully saturated rings. The van der Waals surface area contributed by atoms with E-state index in [1.807, 2.05) is 11.4 Å². The average molecular weight is 263 g/mol. The monoisotopic (exact) mass is 263 g/mol. The number of carboxylic acids is 2. The highest BCUT2D eigenvalue weighted by Gasteiger charge is 2.23. The van der Waals surface area contributed by atoms with E-state index >= 15 is 0 Å². The smallest absolute Gasteiger partial charge is 0.326 e. The Kier molecular flexibility index (Phi) is 4.54. The molecule has 0 spiro atoms. The minimum atomic E-state index is -1.54. The van der Waals surface area contributed by atoms with Crippen molar-refractivity contribution in [3.63, 3.8) is 0 Å². The van der Waals surface area contributed by atoms with Gasteiger partial charge in [0.15, 0.2) is 0 Å².